The minimum absolute atomic E-state index is 0.0405. The number of aliphatic hydroxyl groups is 7. The number of carbonyl (C=O) groups is 1. The van der Waals surface area contributed by atoms with Crippen LogP contribution in [0.4, 0.5) is 0 Å². The van der Waals surface area contributed by atoms with E-state index >= 15 is 0 Å². The second-order valence-electron chi connectivity index (χ2n) is 18.1. The van der Waals surface area contributed by atoms with Gasteiger partial charge in [-0.1, -0.05) is 65.3 Å². The van der Waals surface area contributed by atoms with Gasteiger partial charge in [-0.2, -0.15) is 0 Å². The molecule has 12 nitrogen and oxygen atoms in total. The fourth-order valence-electron chi connectivity index (χ4n) is 11.6. The maximum atomic E-state index is 13.1. The highest BCUT2D eigenvalue weighted by Crippen LogP contribution is 2.67. The fraction of sp³-hybridized carbons (Fsp3) is 0.878. The molecule has 7 N–H and O–H groups in total. The molecule has 6 aliphatic rings. The number of hydrogen-bond donors (Lipinski definition) is 7. The van der Waals surface area contributed by atoms with Crippen LogP contribution < -0.4 is 0 Å². The van der Waals surface area contributed by atoms with Crippen molar-refractivity contribution in [3.05, 3.63) is 23.8 Å². The fourth-order valence-corrected chi connectivity index (χ4v) is 11.6. The van der Waals surface area contributed by atoms with E-state index in [1.54, 1.807) is 0 Å². The van der Waals surface area contributed by atoms with E-state index in [9.17, 15) is 40.5 Å². The lowest BCUT2D eigenvalue weighted by Crippen LogP contribution is -2.63. The van der Waals surface area contributed by atoms with Crippen molar-refractivity contribution in [1.82, 2.24) is 0 Å². The predicted octanol–water partition coefficient (Wildman–Crippen LogP) is 2.98. The van der Waals surface area contributed by atoms with Crippen LogP contribution in [-0.4, -0.2) is 116 Å². The second kappa shape index (κ2) is 16.2. The zero-order valence-corrected chi connectivity index (χ0v) is 32.4. The number of carbonyl (C=O) groups excluding carboxylic acids is 1. The van der Waals surface area contributed by atoms with Gasteiger partial charge in [0.1, 0.15) is 42.7 Å². The smallest absolute Gasteiger partial charge is 0.340 e. The molecule has 0 spiro atoms. The lowest BCUT2D eigenvalue weighted by molar-refractivity contribution is -0.321. The molecule has 0 amide bonds. The van der Waals surface area contributed by atoms with Gasteiger partial charge in [0.15, 0.2) is 12.4 Å². The summed E-state index contributed by atoms with van der Waals surface area (Å²) in [6.07, 6.45) is -0.459. The molecule has 0 aromatic rings. The number of aliphatic hydroxyl groups excluding tert-OH is 7. The highest BCUT2D eigenvalue weighted by Gasteiger charge is 2.59. The highest BCUT2D eigenvalue weighted by molar-refractivity contribution is 5.76. The summed E-state index contributed by atoms with van der Waals surface area (Å²) in [6, 6.07) is 0. The predicted molar refractivity (Wildman–Crippen MR) is 194 cm³/mol. The summed E-state index contributed by atoms with van der Waals surface area (Å²) in [5, 5.41) is 72.1. The van der Waals surface area contributed by atoms with E-state index in [0.29, 0.717) is 59.7 Å². The average molecular weight is 751 g/mol. The first kappa shape index (κ1) is 41.2. The molecule has 2 saturated heterocycles. The molecule has 0 bridgehead atoms. The van der Waals surface area contributed by atoms with E-state index in [1.165, 1.54) is 37.7 Å². The van der Waals surface area contributed by atoms with Crippen LogP contribution in [0.3, 0.4) is 0 Å². The number of fused-ring (bicyclic) bond motifs is 5. The number of hydrogen-bond acceptors (Lipinski definition) is 12. The average Bonchev–Trinajstić information content (AvgIpc) is 3.49. The van der Waals surface area contributed by atoms with E-state index < -0.39 is 74.0 Å². The van der Waals surface area contributed by atoms with E-state index in [1.807, 2.05) is 0 Å². The summed E-state index contributed by atoms with van der Waals surface area (Å²) < 4.78 is 22.4. The number of esters is 1. The van der Waals surface area contributed by atoms with E-state index in [4.69, 9.17) is 18.9 Å². The summed E-state index contributed by atoms with van der Waals surface area (Å²) in [5.74, 6) is 3.25. The first-order valence-corrected chi connectivity index (χ1v) is 20.3. The molecule has 2 aliphatic heterocycles. The van der Waals surface area contributed by atoms with Crippen LogP contribution in [0.1, 0.15) is 99.3 Å². The molecule has 0 radical (unpaired) electrons. The Kier molecular flexibility index (Phi) is 12.6. The first-order chi connectivity index (χ1) is 25.0. The summed E-state index contributed by atoms with van der Waals surface area (Å²) in [4.78, 5) is 13.1. The van der Waals surface area contributed by atoms with Gasteiger partial charge in [-0.3, -0.25) is 0 Å². The zero-order chi connectivity index (χ0) is 38.6. The normalized spacial score (nSPS) is 48.4. The molecule has 19 unspecified atom stereocenters. The van der Waals surface area contributed by atoms with Crippen LogP contribution in [0.15, 0.2) is 23.8 Å². The second-order valence-corrected chi connectivity index (χ2v) is 18.1. The van der Waals surface area contributed by atoms with Gasteiger partial charge in [0.2, 0.25) is 6.29 Å². The Hall–Kier alpha value is -1.45. The highest BCUT2D eigenvalue weighted by atomic mass is 16.7. The monoisotopic (exact) mass is 750 g/mol. The van der Waals surface area contributed by atoms with Crippen LogP contribution in [-0.2, 0) is 23.7 Å². The van der Waals surface area contributed by atoms with Gasteiger partial charge in [0.25, 0.3) is 0 Å². The molecule has 5 fully saturated rings. The Morgan fingerprint density at radius 1 is 0.868 bits per heavy atom. The minimum Gasteiger partial charge on any atom is -0.431 e. The van der Waals surface area contributed by atoms with Crippen LogP contribution in [0.25, 0.3) is 0 Å². The zero-order valence-electron chi connectivity index (χ0n) is 32.4. The number of allylic oxidation sites excluding steroid dienone is 3. The van der Waals surface area contributed by atoms with Crippen molar-refractivity contribution in [2.24, 2.45) is 52.3 Å². The maximum absolute atomic E-state index is 13.1. The molecule has 19 atom stereocenters. The van der Waals surface area contributed by atoms with Gasteiger partial charge in [0, 0.05) is 0 Å². The van der Waals surface area contributed by atoms with Gasteiger partial charge in [0.05, 0.1) is 12.7 Å². The van der Waals surface area contributed by atoms with Gasteiger partial charge >= 0.3 is 5.97 Å². The summed E-state index contributed by atoms with van der Waals surface area (Å²) in [7, 11) is 0. The topological polar surface area (TPSA) is 196 Å². The Morgan fingerprint density at radius 2 is 1.57 bits per heavy atom. The third-order valence-electron chi connectivity index (χ3n) is 15.0. The molecule has 0 aromatic carbocycles. The molecule has 6 rings (SSSR count). The summed E-state index contributed by atoms with van der Waals surface area (Å²) in [5.41, 5.74) is 1.74. The number of rotatable bonds is 10. The van der Waals surface area contributed by atoms with Gasteiger partial charge in [-0.25, -0.2) is 4.79 Å². The number of ether oxygens (including phenoxy) is 4. The van der Waals surface area contributed by atoms with Gasteiger partial charge in [-0.05, 0) is 110 Å². The molecule has 302 valence electrons. The van der Waals surface area contributed by atoms with Crippen molar-refractivity contribution in [1.29, 1.82) is 0 Å². The Labute approximate surface area is 314 Å². The van der Waals surface area contributed by atoms with Crippen LogP contribution in [0.5, 0.6) is 0 Å². The van der Waals surface area contributed by atoms with Crippen molar-refractivity contribution in [3.8, 4) is 0 Å². The van der Waals surface area contributed by atoms with E-state index in [-0.39, 0.29) is 11.5 Å². The Morgan fingerprint density at radius 3 is 2.25 bits per heavy atom. The van der Waals surface area contributed by atoms with Crippen LogP contribution >= 0.6 is 0 Å². The quantitative estimate of drug-likeness (QED) is 0.128. The largest absolute Gasteiger partial charge is 0.431 e. The van der Waals surface area contributed by atoms with E-state index in [2.05, 4.69) is 59.8 Å². The SMILES string of the molecule is CCC(C=CC(C)C1CCC2C3CC=C4CC(OC5OC(C(=O)OC6OC(CO)C(O)C(O)C6O)C(O)C(O)C5O)CCC4(C)C3CCC12C)C(C)C. The van der Waals surface area contributed by atoms with Crippen molar-refractivity contribution in [3.63, 3.8) is 0 Å². The third-order valence-corrected chi connectivity index (χ3v) is 15.0. The standard InChI is InChI=1S/C41H66O12/c1-7-22(20(2)3)9-8-21(4)26-12-13-27-25-11-10-23-18-24(14-16-40(23,5)28(25)15-17-41(26,27)6)50-38-35(48)32(45)33(46)36(52-38)37(49)53-39-34(47)31(44)30(43)29(19-42)51-39/h8-10,20-22,24-36,38-39,42-48H,7,11-19H2,1-6H3. The van der Waals surface area contributed by atoms with Gasteiger partial charge < -0.3 is 54.7 Å². The molecule has 12 heteroatoms. The molecule has 3 saturated carbocycles. The minimum atomic E-state index is -1.89. The summed E-state index contributed by atoms with van der Waals surface area (Å²) in [6.45, 7) is 13.6. The molecular formula is C41H66O12. The lowest BCUT2D eigenvalue weighted by atomic mass is 9.47. The molecule has 4 aliphatic carbocycles. The molecule has 0 aromatic heterocycles. The Balaban J connectivity index is 1.09. The van der Waals surface area contributed by atoms with Crippen LogP contribution in [0.2, 0.25) is 0 Å². The Bertz CT molecular complexity index is 1340. The van der Waals surface area contributed by atoms with E-state index in [0.717, 1.165) is 12.8 Å². The first-order valence-electron chi connectivity index (χ1n) is 20.3. The van der Waals surface area contributed by atoms with Crippen molar-refractivity contribution < 1.29 is 59.5 Å². The lowest BCUT2D eigenvalue weighted by Gasteiger charge is -2.58. The van der Waals surface area contributed by atoms with Crippen molar-refractivity contribution >= 4 is 5.97 Å². The van der Waals surface area contributed by atoms with Gasteiger partial charge in [-0.15, -0.1) is 0 Å². The molecule has 53 heavy (non-hydrogen) atoms. The third kappa shape index (κ3) is 7.56. The van der Waals surface area contributed by atoms with Crippen molar-refractivity contribution in [2.45, 2.75) is 167 Å². The van der Waals surface area contributed by atoms with Crippen molar-refractivity contribution in [2.75, 3.05) is 6.61 Å². The molecular weight excluding hydrogens is 684 g/mol. The molecule has 2 heterocycles. The maximum Gasteiger partial charge on any atom is 0.340 e. The van der Waals surface area contributed by atoms with Crippen LogP contribution in [0, 0.1) is 52.3 Å². The summed E-state index contributed by atoms with van der Waals surface area (Å²) >= 11 is 0.